The fraction of sp³-hybridized carbons (Fsp3) is 0.500. The smallest absolute Gasteiger partial charge is 0.168 e. The predicted molar refractivity (Wildman–Crippen MR) is 57.5 cm³/mol. The minimum absolute atomic E-state index is 0.198. The summed E-state index contributed by atoms with van der Waals surface area (Å²) < 4.78 is 5.42. The Bertz CT molecular complexity index is 278. The van der Waals surface area contributed by atoms with Gasteiger partial charge in [0.15, 0.2) is 11.6 Å². The molecule has 1 heterocycles. The number of hydrogen-bond acceptors (Lipinski definition) is 4. The second kappa shape index (κ2) is 5.44. The summed E-state index contributed by atoms with van der Waals surface area (Å²) in [7, 11) is 0. The normalized spacial score (nSPS) is 12.2. The van der Waals surface area contributed by atoms with Crippen LogP contribution in [0.1, 0.15) is 13.8 Å². The van der Waals surface area contributed by atoms with Crippen molar-refractivity contribution >= 4 is 5.82 Å². The molecule has 0 fully saturated rings. The maximum atomic E-state index is 5.51. The number of aromatic nitrogens is 1. The van der Waals surface area contributed by atoms with Crippen LogP contribution in [0.4, 0.5) is 5.82 Å². The van der Waals surface area contributed by atoms with Crippen molar-refractivity contribution in [1.82, 2.24) is 4.98 Å². The average Bonchev–Trinajstić information content (AvgIpc) is 2.21. The molecular formula is C10H17N3O. The Morgan fingerprint density at radius 2 is 2.43 bits per heavy atom. The van der Waals surface area contributed by atoms with Crippen molar-refractivity contribution in [3.05, 3.63) is 18.3 Å². The first-order valence-electron chi connectivity index (χ1n) is 4.82. The number of nitrogens with zero attached hydrogens (tertiary/aromatic N) is 1. The van der Waals surface area contributed by atoms with E-state index in [9.17, 15) is 0 Å². The number of hydrogen-bond donors (Lipinski definition) is 2. The molecule has 0 spiro atoms. The monoisotopic (exact) mass is 195 g/mol. The lowest BCUT2D eigenvalue weighted by atomic mass is 10.3. The Labute approximate surface area is 84.5 Å². The van der Waals surface area contributed by atoms with Crippen molar-refractivity contribution < 1.29 is 4.74 Å². The van der Waals surface area contributed by atoms with E-state index in [1.165, 1.54) is 0 Å². The highest BCUT2D eigenvalue weighted by atomic mass is 16.5. The van der Waals surface area contributed by atoms with Gasteiger partial charge in [-0.15, -0.1) is 0 Å². The van der Waals surface area contributed by atoms with E-state index in [-0.39, 0.29) is 6.04 Å². The first kappa shape index (κ1) is 10.8. The van der Waals surface area contributed by atoms with Crippen molar-refractivity contribution in [3.8, 4) is 5.75 Å². The van der Waals surface area contributed by atoms with E-state index in [2.05, 4.69) is 10.3 Å². The van der Waals surface area contributed by atoms with Gasteiger partial charge in [-0.25, -0.2) is 4.98 Å². The third-order valence-electron chi connectivity index (χ3n) is 1.81. The fourth-order valence-corrected chi connectivity index (χ4v) is 1.06. The summed E-state index contributed by atoms with van der Waals surface area (Å²) in [5.74, 6) is 1.53. The molecule has 1 rings (SSSR count). The number of nitrogens with one attached hydrogen (secondary N) is 1. The Kier molecular flexibility index (Phi) is 4.19. The van der Waals surface area contributed by atoms with Gasteiger partial charge in [0, 0.05) is 18.8 Å². The zero-order valence-electron chi connectivity index (χ0n) is 8.66. The molecule has 4 heteroatoms. The lowest BCUT2D eigenvalue weighted by molar-refractivity contribution is 0.340. The van der Waals surface area contributed by atoms with Crippen LogP contribution in [0.5, 0.6) is 5.75 Å². The average molecular weight is 195 g/mol. The highest BCUT2D eigenvalue weighted by Gasteiger charge is 2.05. The lowest BCUT2D eigenvalue weighted by Crippen LogP contribution is -2.25. The molecule has 0 amide bonds. The number of nitrogens with two attached hydrogens (primary N) is 1. The second-order valence-corrected chi connectivity index (χ2v) is 3.06. The maximum absolute atomic E-state index is 5.51. The SMILES string of the molecule is CCOc1cccnc1NC(C)CN. The topological polar surface area (TPSA) is 60.2 Å². The zero-order valence-corrected chi connectivity index (χ0v) is 8.66. The van der Waals surface area contributed by atoms with E-state index in [1.54, 1.807) is 6.20 Å². The molecule has 0 saturated carbocycles. The molecule has 3 N–H and O–H groups in total. The number of ether oxygens (including phenoxy) is 1. The number of anilines is 1. The van der Waals surface area contributed by atoms with Crippen LogP contribution in [0.3, 0.4) is 0 Å². The van der Waals surface area contributed by atoms with Gasteiger partial charge < -0.3 is 15.8 Å². The second-order valence-electron chi connectivity index (χ2n) is 3.06. The Morgan fingerprint density at radius 1 is 1.64 bits per heavy atom. The van der Waals surface area contributed by atoms with Crippen molar-refractivity contribution in [1.29, 1.82) is 0 Å². The minimum Gasteiger partial charge on any atom is -0.490 e. The van der Waals surface area contributed by atoms with Crippen molar-refractivity contribution in [2.75, 3.05) is 18.5 Å². The van der Waals surface area contributed by atoms with E-state index >= 15 is 0 Å². The Morgan fingerprint density at radius 3 is 3.07 bits per heavy atom. The zero-order chi connectivity index (χ0) is 10.4. The molecule has 1 aromatic heterocycles. The van der Waals surface area contributed by atoms with Gasteiger partial charge in [0.05, 0.1) is 6.61 Å². The van der Waals surface area contributed by atoms with Gasteiger partial charge in [-0.2, -0.15) is 0 Å². The van der Waals surface area contributed by atoms with Gasteiger partial charge in [-0.1, -0.05) is 0 Å². The summed E-state index contributed by atoms with van der Waals surface area (Å²) in [4.78, 5) is 4.19. The van der Waals surface area contributed by atoms with Crippen LogP contribution >= 0.6 is 0 Å². The molecule has 0 radical (unpaired) electrons. The molecule has 0 saturated heterocycles. The molecule has 1 unspecified atom stereocenters. The molecular weight excluding hydrogens is 178 g/mol. The molecule has 0 aliphatic carbocycles. The first-order chi connectivity index (χ1) is 6.77. The van der Waals surface area contributed by atoms with Gasteiger partial charge in [0.25, 0.3) is 0 Å². The van der Waals surface area contributed by atoms with Crippen molar-refractivity contribution in [2.45, 2.75) is 19.9 Å². The van der Waals surface area contributed by atoms with Crippen LogP contribution in [0, 0.1) is 0 Å². The van der Waals surface area contributed by atoms with Gasteiger partial charge in [-0.3, -0.25) is 0 Å². The van der Waals surface area contributed by atoms with Crippen LogP contribution in [0.15, 0.2) is 18.3 Å². The van der Waals surface area contributed by atoms with Crippen molar-refractivity contribution in [3.63, 3.8) is 0 Å². The van der Waals surface area contributed by atoms with Crippen LogP contribution in [-0.4, -0.2) is 24.2 Å². The Balaban J connectivity index is 2.73. The summed E-state index contributed by atoms with van der Waals surface area (Å²) in [5.41, 5.74) is 5.51. The van der Waals surface area contributed by atoms with Crippen LogP contribution in [0.2, 0.25) is 0 Å². The molecule has 0 aliphatic rings. The van der Waals surface area contributed by atoms with E-state index in [0.717, 1.165) is 11.6 Å². The third-order valence-corrected chi connectivity index (χ3v) is 1.81. The summed E-state index contributed by atoms with van der Waals surface area (Å²) in [6.45, 7) is 5.16. The standard InChI is InChI=1S/C10H17N3O/c1-3-14-9-5-4-6-12-10(9)13-8(2)7-11/h4-6,8H,3,7,11H2,1-2H3,(H,12,13). The van der Waals surface area contributed by atoms with Gasteiger partial charge in [-0.05, 0) is 26.0 Å². The number of pyridine rings is 1. The molecule has 0 aromatic carbocycles. The molecule has 78 valence electrons. The van der Waals surface area contributed by atoms with Crippen LogP contribution in [-0.2, 0) is 0 Å². The highest BCUT2D eigenvalue weighted by Crippen LogP contribution is 2.20. The molecule has 1 atom stereocenters. The minimum atomic E-state index is 0.198. The van der Waals surface area contributed by atoms with Crippen molar-refractivity contribution in [2.24, 2.45) is 5.73 Å². The summed E-state index contributed by atoms with van der Waals surface area (Å²) in [6, 6.07) is 3.94. The van der Waals surface area contributed by atoms with E-state index in [0.29, 0.717) is 13.2 Å². The first-order valence-corrected chi connectivity index (χ1v) is 4.82. The summed E-state index contributed by atoms with van der Waals surface area (Å²) >= 11 is 0. The fourth-order valence-electron chi connectivity index (χ4n) is 1.06. The lowest BCUT2D eigenvalue weighted by Gasteiger charge is -2.14. The Hall–Kier alpha value is -1.29. The summed E-state index contributed by atoms with van der Waals surface area (Å²) in [6.07, 6.45) is 1.73. The number of rotatable bonds is 5. The van der Waals surface area contributed by atoms with Gasteiger partial charge in [0.1, 0.15) is 0 Å². The van der Waals surface area contributed by atoms with E-state index < -0.39 is 0 Å². The quantitative estimate of drug-likeness (QED) is 0.742. The maximum Gasteiger partial charge on any atom is 0.168 e. The van der Waals surface area contributed by atoms with Gasteiger partial charge >= 0.3 is 0 Å². The molecule has 0 bridgehead atoms. The van der Waals surface area contributed by atoms with Gasteiger partial charge in [0.2, 0.25) is 0 Å². The molecule has 14 heavy (non-hydrogen) atoms. The van der Waals surface area contributed by atoms with E-state index in [1.807, 2.05) is 26.0 Å². The van der Waals surface area contributed by atoms with E-state index in [4.69, 9.17) is 10.5 Å². The molecule has 1 aromatic rings. The summed E-state index contributed by atoms with van der Waals surface area (Å²) in [5, 5.41) is 3.18. The molecule has 0 aliphatic heterocycles. The largest absolute Gasteiger partial charge is 0.490 e. The third kappa shape index (κ3) is 2.88. The van der Waals surface area contributed by atoms with Crippen LogP contribution in [0.25, 0.3) is 0 Å². The van der Waals surface area contributed by atoms with Crippen LogP contribution < -0.4 is 15.8 Å². The highest BCUT2D eigenvalue weighted by molar-refractivity contribution is 5.50. The predicted octanol–water partition coefficient (Wildman–Crippen LogP) is 1.24. The molecule has 4 nitrogen and oxygen atoms in total.